The molecule has 1 saturated heterocycles. The molecule has 0 saturated carbocycles. The van der Waals surface area contributed by atoms with Crippen LogP contribution in [0, 0.1) is 0 Å². The molecule has 2 rings (SSSR count). The Kier molecular flexibility index (Phi) is 2.77. The van der Waals surface area contributed by atoms with E-state index < -0.39 is 0 Å². The standard InChI is InChI=1S/C11H18N4/c1-8-6-15(7-9(2)14-8)11-4-3-10(12)5-13-11/h3-5,8-9,14H,6-7,12H2,1-2H3/t8-,9+. The molecule has 0 bridgehead atoms. The molecule has 3 N–H and O–H groups in total. The fourth-order valence-corrected chi connectivity index (χ4v) is 2.10. The van der Waals surface area contributed by atoms with Crippen LogP contribution in [-0.4, -0.2) is 30.2 Å². The monoisotopic (exact) mass is 206 g/mol. The van der Waals surface area contributed by atoms with Crippen LogP contribution in [0.5, 0.6) is 0 Å². The summed E-state index contributed by atoms with van der Waals surface area (Å²) in [6.45, 7) is 6.39. The van der Waals surface area contributed by atoms with Crippen molar-refractivity contribution in [3.8, 4) is 0 Å². The minimum absolute atomic E-state index is 0.508. The van der Waals surface area contributed by atoms with Gasteiger partial charge in [0.05, 0.1) is 11.9 Å². The average Bonchev–Trinajstić information content (AvgIpc) is 2.17. The number of piperazine rings is 1. The van der Waals surface area contributed by atoms with Gasteiger partial charge in [-0.3, -0.25) is 0 Å². The van der Waals surface area contributed by atoms with E-state index in [-0.39, 0.29) is 0 Å². The number of nitrogens with zero attached hydrogens (tertiary/aromatic N) is 2. The van der Waals surface area contributed by atoms with Gasteiger partial charge in [-0.25, -0.2) is 4.98 Å². The van der Waals surface area contributed by atoms with Crippen LogP contribution in [0.1, 0.15) is 13.8 Å². The normalized spacial score (nSPS) is 26.7. The lowest BCUT2D eigenvalue weighted by Gasteiger charge is -2.36. The highest BCUT2D eigenvalue weighted by molar-refractivity contribution is 5.46. The second kappa shape index (κ2) is 4.06. The molecular weight excluding hydrogens is 188 g/mol. The van der Waals surface area contributed by atoms with E-state index in [1.54, 1.807) is 6.20 Å². The summed E-state index contributed by atoms with van der Waals surface area (Å²) in [5, 5.41) is 3.50. The highest BCUT2D eigenvalue weighted by Gasteiger charge is 2.21. The lowest BCUT2D eigenvalue weighted by atomic mass is 10.1. The van der Waals surface area contributed by atoms with Crippen molar-refractivity contribution in [1.82, 2.24) is 10.3 Å². The number of anilines is 2. The Morgan fingerprint density at radius 3 is 2.53 bits per heavy atom. The number of rotatable bonds is 1. The summed E-state index contributed by atoms with van der Waals surface area (Å²) in [5.74, 6) is 1.02. The zero-order valence-electron chi connectivity index (χ0n) is 9.27. The summed E-state index contributed by atoms with van der Waals surface area (Å²) in [5.41, 5.74) is 6.34. The molecular formula is C11H18N4. The Hall–Kier alpha value is -1.29. The van der Waals surface area contributed by atoms with Crippen molar-refractivity contribution in [2.45, 2.75) is 25.9 Å². The van der Waals surface area contributed by atoms with E-state index in [9.17, 15) is 0 Å². The second-order valence-electron chi connectivity index (χ2n) is 4.32. The molecule has 0 aliphatic carbocycles. The zero-order chi connectivity index (χ0) is 10.8. The third-order valence-corrected chi connectivity index (χ3v) is 2.65. The fraction of sp³-hybridized carbons (Fsp3) is 0.545. The van der Waals surface area contributed by atoms with Crippen LogP contribution < -0.4 is 16.0 Å². The van der Waals surface area contributed by atoms with E-state index in [1.165, 1.54) is 0 Å². The zero-order valence-corrected chi connectivity index (χ0v) is 9.27. The molecule has 0 radical (unpaired) electrons. The van der Waals surface area contributed by atoms with Gasteiger partial charge in [-0.15, -0.1) is 0 Å². The molecule has 4 heteroatoms. The predicted molar refractivity (Wildman–Crippen MR) is 62.9 cm³/mol. The maximum absolute atomic E-state index is 5.62. The van der Waals surface area contributed by atoms with E-state index in [0.29, 0.717) is 12.1 Å². The van der Waals surface area contributed by atoms with Gasteiger partial charge in [0.1, 0.15) is 5.82 Å². The Bertz CT molecular complexity index is 312. The Morgan fingerprint density at radius 1 is 1.33 bits per heavy atom. The summed E-state index contributed by atoms with van der Waals surface area (Å²) < 4.78 is 0. The Labute approximate surface area is 90.5 Å². The third kappa shape index (κ3) is 2.39. The molecule has 2 heterocycles. The summed E-state index contributed by atoms with van der Waals surface area (Å²) in [7, 11) is 0. The average molecular weight is 206 g/mol. The van der Waals surface area contributed by atoms with Crippen molar-refractivity contribution >= 4 is 11.5 Å². The smallest absolute Gasteiger partial charge is 0.128 e. The highest BCUT2D eigenvalue weighted by Crippen LogP contribution is 2.15. The first-order chi connectivity index (χ1) is 7.15. The minimum atomic E-state index is 0.508. The molecule has 4 nitrogen and oxygen atoms in total. The number of hydrogen-bond donors (Lipinski definition) is 2. The molecule has 0 aromatic carbocycles. The molecule has 1 fully saturated rings. The molecule has 0 unspecified atom stereocenters. The van der Waals surface area contributed by atoms with Gasteiger partial charge in [0.15, 0.2) is 0 Å². The van der Waals surface area contributed by atoms with Gasteiger partial charge in [0.2, 0.25) is 0 Å². The number of nitrogens with two attached hydrogens (primary N) is 1. The number of hydrogen-bond acceptors (Lipinski definition) is 4. The molecule has 0 amide bonds. The van der Waals surface area contributed by atoms with Crippen LogP contribution in [0.15, 0.2) is 18.3 Å². The summed E-state index contributed by atoms with van der Waals surface area (Å²) >= 11 is 0. The van der Waals surface area contributed by atoms with E-state index >= 15 is 0 Å². The Morgan fingerprint density at radius 2 is 2.00 bits per heavy atom. The van der Waals surface area contributed by atoms with Crippen molar-refractivity contribution in [3.05, 3.63) is 18.3 Å². The van der Waals surface area contributed by atoms with Gasteiger partial charge in [-0.05, 0) is 26.0 Å². The van der Waals surface area contributed by atoms with Crippen molar-refractivity contribution in [3.63, 3.8) is 0 Å². The van der Waals surface area contributed by atoms with Crippen LogP contribution in [0.4, 0.5) is 11.5 Å². The summed E-state index contributed by atoms with van der Waals surface area (Å²) in [6, 6.07) is 4.90. The molecule has 0 spiro atoms. The summed E-state index contributed by atoms with van der Waals surface area (Å²) in [6.07, 6.45) is 1.71. The van der Waals surface area contributed by atoms with E-state index in [0.717, 1.165) is 24.6 Å². The largest absolute Gasteiger partial charge is 0.397 e. The topological polar surface area (TPSA) is 54.2 Å². The number of aromatic nitrogens is 1. The number of nitrogens with one attached hydrogen (secondary N) is 1. The molecule has 15 heavy (non-hydrogen) atoms. The highest BCUT2D eigenvalue weighted by atomic mass is 15.2. The van der Waals surface area contributed by atoms with Crippen molar-refractivity contribution in [2.24, 2.45) is 0 Å². The van der Waals surface area contributed by atoms with Crippen LogP contribution in [0.25, 0.3) is 0 Å². The van der Waals surface area contributed by atoms with E-state index in [4.69, 9.17) is 5.73 Å². The van der Waals surface area contributed by atoms with Crippen LogP contribution in [0.2, 0.25) is 0 Å². The summed E-state index contributed by atoms with van der Waals surface area (Å²) in [4.78, 5) is 6.64. The molecule has 1 aliphatic rings. The number of nitrogen functional groups attached to an aromatic ring is 1. The predicted octanol–water partition coefficient (Wildman–Crippen LogP) is 0.850. The van der Waals surface area contributed by atoms with Gasteiger partial charge in [-0.2, -0.15) is 0 Å². The molecule has 82 valence electrons. The first-order valence-corrected chi connectivity index (χ1v) is 5.37. The van der Waals surface area contributed by atoms with Crippen molar-refractivity contribution < 1.29 is 0 Å². The Balaban J connectivity index is 2.12. The first-order valence-electron chi connectivity index (χ1n) is 5.37. The van der Waals surface area contributed by atoms with Gasteiger partial charge in [0, 0.05) is 25.2 Å². The van der Waals surface area contributed by atoms with Gasteiger partial charge < -0.3 is 16.0 Å². The molecule has 1 aromatic heterocycles. The third-order valence-electron chi connectivity index (χ3n) is 2.65. The quantitative estimate of drug-likeness (QED) is 0.715. The van der Waals surface area contributed by atoms with Crippen molar-refractivity contribution in [1.29, 1.82) is 0 Å². The van der Waals surface area contributed by atoms with Gasteiger partial charge in [-0.1, -0.05) is 0 Å². The van der Waals surface area contributed by atoms with Crippen LogP contribution in [0.3, 0.4) is 0 Å². The lowest BCUT2D eigenvalue weighted by molar-refractivity contribution is 0.405. The lowest BCUT2D eigenvalue weighted by Crippen LogP contribution is -2.54. The van der Waals surface area contributed by atoms with E-state index in [1.807, 2.05) is 12.1 Å². The minimum Gasteiger partial charge on any atom is -0.397 e. The first kappa shape index (κ1) is 10.2. The van der Waals surface area contributed by atoms with Crippen LogP contribution in [-0.2, 0) is 0 Å². The maximum Gasteiger partial charge on any atom is 0.128 e. The SMILES string of the molecule is C[C@@H]1CN(c2ccc(N)cn2)C[C@H](C)N1. The van der Waals surface area contributed by atoms with Crippen molar-refractivity contribution in [2.75, 3.05) is 23.7 Å². The molecule has 2 atom stereocenters. The van der Waals surface area contributed by atoms with Gasteiger partial charge in [0.25, 0.3) is 0 Å². The molecule has 1 aliphatic heterocycles. The maximum atomic E-state index is 5.62. The van der Waals surface area contributed by atoms with E-state index in [2.05, 4.69) is 29.0 Å². The second-order valence-corrected chi connectivity index (χ2v) is 4.32. The number of pyridine rings is 1. The van der Waals surface area contributed by atoms with Crippen LogP contribution >= 0.6 is 0 Å². The van der Waals surface area contributed by atoms with Gasteiger partial charge >= 0.3 is 0 Å². The molecule has 1 aromatic rings. The fourth-order valence-electron chi connectivity index (χ4n) is 2.10.